The summed E-state index contributed by atoms with van der Waals surface area (Å²) in [7, 11) is 0. The van der Waals surface area contributed by atoms with Gasteiger partial charge in [0.05, 0.1) is 6.04 Å². The van der Waals surface area contributed by atoms with Crippen LogP contribution in [0.15, 0.2) is 16.5 Å². The number of aryl methyl sites for hydroxylation is 2. The predicted molar refractivity (Wildman–Crippen MR) is 74.9 cm³/mol. The van der Waals surface area contributed by atoms with E-state index in [1.54, 1.807) is 13.8 Å². The molecule has 0 saturated carbocycles. The summed E-state index contributed by atoms with van der Waals surface area (Å²) in [6.07, 6.45) is 0. The van der Waals surface area contributed by atoms with E-state index in [-0.39, 0.29) is 11.9 Å². The molecule has 3 heterocycles. The van der Waals surface area contributed by atoms with Crippen molar-refractivity contribution in [1.82, 2.24) is 14.5 Å². The SMILES string of the molecule is Cc1nc(C(=O)N2CCn3c(Cl)ccc3C2C)c(C)o1. The van der Waals surface area contributed by atoms with Crippen molar-refractivity contribution in [3.8, 4) is 0 Å². The number of halogens is 1. The molecule has 1 atom stereocenters. The maximum atomic E-state index is 12.6. The van der Waals surface area contributed by atoms with E-state index in [0.717, 1.165) is 5.69 Å². The second-order valence-corrected chi connectivity index (χ2v) is 5.43. The Kier molecular flexibility index (Phi) is 3.09. The van der Waals surface area contributed by atoms with Crippen LogP contribution < -0.4 is 0 Å². The van der Waals surface area contributed by atoms with Gasteiger partial charge in [0, 0.05) is 25.7 Å². The molecule has 106 valence electrons. The summed E-state index contributed by atoms with van der Waals surface area (Å²) in [5, 5.41) is 0.715. The lowest BCUT2D eigenvalue weighted by molar-refractivity contribution is 0.0637. The fraction of sp³-hybridized carbons (Fsp3) is 0.429. The quantitative estimate of drug-likeness (QED) is 0.812. The van der Waals surface area contributed by atoms with E-state index >= 15 is 0 Å². The first-order valence-corrected chi connectivity index (χ1v) is 6.96. The number of oxazole rings is 1. The van der Waals surface area contributed by atoms with Crippen LogP contribution in [0.3, 0.4) is 0 Å². The van der Waals surface area contributed by atoms with Crippen LogP contribution in [0.1, 0.15) is 40.8 Å². The maximum Gasteiger partial charge on any atom is 0.276 e. The third-order valence-corrected chi connectivity index (χ3v) is 4.12. The molecule has 1 amide bonds. The third-order valence-electron chi connectivity index (χ3n) is 3.79. The number of hydrogen-bond donors (Lipinski definition) is 0. The van der Waals surface area contributed by atoms with Gasteiger partial charge < -0.3 is 13.9 Å². The van der Waals surface area contributed by atoms with E-state index in [4.69, 9.17) is 16.0 Å². The monoisotopic (exact) mass is 293 g/mol. The second kappa shape index (κ2) is 4.66. The molecule has 6 heteroatoms. The van der Waals surface area contributed by atoms with Crippen LogP contribution in [0, 0.1) is 13.8 Å². The number of nitrogens with zero attached hydrogens (tertiary/aromatic N) is 3. The summed E-state index contributed by atoms with van der Waals surface area (Å²) < 4.78 is 7.39. The van der Waals surface area contributed by atoms with Crippen molar-refractivity contribution in [2.45, 2.75) is 33.4 Å². The Hall–Kier alpha value is -1.75. The van der Waals surface area contributed by atoms with Crippen molar-refractivity contribution in [1.29, 1.82) is 0 Å². The van der Waals surface area contributed by atoms with Crippen LogP contribution in [0.25, 0.3) is 0 Å². The Labute approximate surface area is 122 Å². The minimum Gasteiger partial charge on any atom is -0.445 e. The number of fused-ring (bicyclic) bond motifs is 1. The normalized spacial score (nSPS) is 18.2. The number of hydrogen-bond acceptors (Lipinski definition) is 3. The first kappa shape index (κ1) is 13.2. The topological polar surface area (TPSA) is 51.3 Å². The van der Waals surface area contributed by atoms with Gasteiger partial charge in [0.2, 0.25) is 0 Å². The molecule has 2 aromatic heterocycles. The Balaban J connectivity index is 1.93. The van der Waals surface area contributed by atoms with Gasteiger partial charge in [-0.05, 0) is 26.0 Å². The van der Waals surface area contributed by atoms with Gasteiger partial charge in [0.15, 0.2) is 11.6 Å². The fourth-order valence-corrected chi connectivity index (χ4v) is 3.01. The average Bonchev–Trinajstić information content (AvgIpc) is 2.93. The standard InChI is InChI=1S/C14H16ClN3O2/c1-8-11-4-5-12(15)18(11)7-6-17(8)14(19)13-9(2)20-10(3)16-13/h4-5,8H,6-7H2,1-3H3. The van der Waals surface area contributed by atoms with Gasteiger partial charge in [-0.15, -0.1) is 0 Å². The number of amides is 1. The molecule has 5 nitrogen and oxygen atoms in total. The summed E-state index contributed by atoms with van der Waals surface area (Å²) in [5.74, 6) is 0.996. The molecule has 0 radical (unpaired) electrons. The smallest absolute Gasteiger partial charge is 0.276 e. The molecule has 1 aliphatic rings. The van der Waals surface area contributed by atoms with E-state index in [9.17, 15) is 4.79 Å². The van der Waals surface area contributed by atoms with Gasteiger partial charge in [-0.25, -0.2) is 4.98 Å². The zero-order chi connectivity index (χ0) is 14.4. The molecule has 1 unspecified atom stereocenters. The number of carbonyl (C=O) groups is 1. The molecule has 0 N–H and O–H groups in total. The van der Waals surface area contributed by atoms with Gasteiger partial charge in [-0.2, -0.15) is 0 Å². The lowest BCUT2D eigenvalue weighted by Gasteiger charge is -2.34. The van der Waals surface area contributed by atoms with Crippen LogP contribution >= 0.6 is 11.6 Å². The van der Waals surface area contributed by atoms with Crippen molar-refractivity contribution in [2.75, 3.05) is 6.54 Å². The molecule has 0 aliphatic carbocycles. The summed E-state index contributed by atoms with van der Waals surface area (Å²) >= 11 is 6.13. The highest BCUT2D eigenvalue weighted by molar-refractivity contribution is 6.29. The van der Waals surface area contributed by atoms with Gasteiger partial charge in [0.25, 0.3) is 5.91 Å². The molecule has 1 aliphatic heterocycles. The molecule has 0 fully saturated rings. The molecule has 0 aromatic carbocycles. The molecule has 0 saturated heterocycles. The largest absolute Gasteiger partial charge is 0.445 e. The lowest BCUT2D eigenvalue weighted by atomic mass is 10.1. The molecular weight excluding hydrogens is 278 g/mol. The van der Waals surface area contributed by atoms with Crippen LogP contribution in [0.5, 0.6) is 0 Å². The molecule has 0 spiro atoms. The first-order valence-electron chi connectivity index (χ1n) is 6.59. The van der Waals surface area contributed by atoms with E-state index in [2.05, 4.69) is 4.98 Å². The molecular formula is C14H16ClN3O2. The third kappa shape index (κ3) is 1.93. The molecule has 3 rings (SSSR count). The van der Waals surface area contributed by atoms with Gasteiger partial charge >= 0.3 is 0 Å². The van der Waals surface area contributed by atoms with Crippen molar-refractivity contribution < 1.29 is 9.21 Å². The first-order chi connectivity index (χ1) is 9.49. The summed E-state index contributed by atoms with van der Waals surface area (Å²) in [6, 6.07) is 3.81. The average molecular weight is 294 g/mol. The highest BCUT2D eigenvalue weighted by Gasteiger charge is 2.31. The van der Waals surface area contributed by atoms with E-state index in [1.165, 1.54) is 0 Å². The van der Waals surface area contributed by atoms with Crippen LogP contribution in [0.2, 0.25) is 5.15 Å². The highest BCUT2D eigenvalue weighted by atomic mass is 35.5. The lowest BCUT2D eigenvalue weighted by Crippen LogP contribution is -2.41. The Morgan fingerprint density at radius 2 is 2.15 bits per heavy atom. The molecule has 20 heavy (non-hydrogen) atoms. The maximum absolute atomic E-state index is 12.6. The Bertz CT molecular complexity index is 674. The van der Waals surface area contributed by atoms with Crippen molar-refractivity contribution in [3.05, 3.63) is 40.3 Å². The van der Waals surface area contributed by atoms with Crippen LogP contribution in [0.4, 0.5) is 0 Å². The van der Waals surface area contributed by atoms with Crippen LogP contribution in [-0.4, -0.2) is 26.9 Å². The fourth-order valence-electron chi connectivity index (χ4n) is 2.76. The minimum absolute atomic E-state index is 0.0276. The van der Waals surface area contributed by atoms with Crippen LogP contribution in [-0.2, 0) is 6.54 Å². The number of aromatic nitrogens is 2. The predicted octanol–water partition coefficient (Wildman–Crippen LogP) is 2.96. The van der Waals surface area contributed by atoms with Crippen molar-refractivity contribution in [3.63, 3.8) is 0 Å². The molecule has 2 aromatic rings. The van der Waals surface area contributed by atoms with Gasteiger partial charge in [0.1, 0.15) is 10.9 Å². The zero-order valence-electron chi connectivity index (χ0n) is 11.7. The van der Waals surface area contributed by atoms with Gasteiger partial charge in [-0.1, -0.05) is 11.6 Å². The Morgan fingerprint density at radius 3 is 2.80 bits per heavy atom. The number of rotatable bonds is 1. The van der Waals surface area contributed by atoms with Crippen molar-refractivity contribution >= 4 is 17.5 Å². The van der Waals surface area contributed by atoms with E-state index < -0.39 is 0 Å². The second-order valence-electron chi connectivity index (χ2n) is 5.04. The summed E-state index contributed by atoms with van der Waals surface area (Å²) in [4.78, 5) is 18.6. The minimum atomic E-state index is -0.0876. The van der Waals surface area contributed by atoms with Crippen molar-refractivity contribution in [2.24, 2.45) is 0 Å². The summed E-state index contributed by atoms with van der Waals surface area (Å²) in [6.45, 7) is 6.83. The van der Waals surface area contributed by atoms with E-state index in [1.807, 2.05) is 28.5 Å². The molecule has 0 bridgehead atoms. The Morgan fingerprint density at radius 1 is 1.40 bits per heavy atom. The summed E-state index contributed by atoms with van der Waals surface area (Å²) in [5.41, 5.74) is 1.45. The highest BCUT2D eigenvalue weighted by Crippen LogP contribution is 2.30. The van der Waals surface area contributed by atoms with Gasteiger partial charge in [-0.3, -0.25) is 4.79 Å². The zero-order valence-corrected chi connectivity index (χ0v) is 12.4. The van der Waals surface area contributed by atoms with E-state index in [0.29, 0.717) is 35.6 Å². The number of carbonyl (C=O) groups excluding carboxylic acids is 1.